The number of nitrogens with one attached hydrogen (secondary N) is 1. The summed E-state index contributed by atoms with van der Waals surface area (Å²) in [5.74, 6) is -0.338. The van der Waals surface area contributed by atoms with Gasteiger partial charge in [0.2, 0.25) is 5.91 Å². The van der Waals surface area contributed by atoms with Crippen molar-refractivity contribution < 1.29 is 19.1 Å². The number of methoxy groups -OCH3 is 1. The van der Waals surface area contributed by atoms with E-state index in [1.54, 1.807) is 45.0 Å². The van der Waals surface area contributed by atoms with Gasteiger partial charge in [0.05, 0.1) is 19.1 Å². The maximum absolute atomic E-state index is 12.2. The molecule has 0 aliphatic carbocycles. The summed E-state index contributed by atoms with van der Waals surface area (Å²) >= 11 is 0. The number of amides is 2. The number of benzene rings is 1. The molecule has 0 bridgehead atoms. The fraction of sp³-hybridized carbons (Fsp3) is 0.500. The molecular weight excluding hydrogens is 322 g/mol. The molecule has 0 aliphatic rings. The highest BCUT2D eigenvalue weighted by molar-refractivity contribution is 5.93. The van der Waals surface area contributed by atoms with Gasteiger partial charge in [-0.3, -0.25) is 9.69 Å². The molecule has 0 saturated carbocycles. The first-order valence-corrected chi connectivity index (χ1v) is 7.98. The van der Waals surface area contributed by atoms with Crippen molar-refractivity contribution in [1.29, 1.82) is 5.26 Å². The zero-order chi connectivity index (χ0) is 18.9. The molecule has 136 valence electrons. The minimum Gasteiger partial charge on any atom is -0.444 e. The Kier molecular flexibility index (Phi) is 7.89. The molecule has 0 unspecified atom stereocenters. The lowest BCUT2D eigenvalue weighted by Gasteiger charge is -2.26. The Morgan fingerprint density at radius 2 is 1.88 bits per heavy atom. The third-order valence-electron chi connectivity index (χ3n) is 3.07. The minimum absolute atomic E-state index is 0.141. The number of rotatable bonds is 7. The van der Waals surface area contributed by atoms with Gasteiger partial charge in [-0.15, -0.1) is 0 Å². The molecule has 1 aromatic rings. The van der Waals surface area contributed by atoms with Crippen LogP contribution in [-0.2, 0) is 20.7 Å². The Hall–Kier alpha value is -2.59. The molecule has 1 N–H and O–H groups in total. The lowest BCUT2D eigenvalue weighted by Crippen LogP contribution is -2.42. The summed E-state index contributed by atoms with van der Waals surface area (Å²) < 4.78 is 10.3. The number of ether oxygens (including phenoxy) is 2. The van der Waals surface area contributed by atoms with Crippen LogP contribution >= 0.6 is 0 Å². The van der Waals surface area contributed by atoms with Crippen molar-refractivity contribution in [2.45, 2.75) is 32.8 Å². The van der Waals surface area contributed by atoms with E-state index in [1.807, 2.05) is 0 Å². The highest BCUT2D eigenvalue weighted by Crippen LogP contribution is 2.12. The lowest BCUT2D eigenvalue weighted by molar-refractivity contribution is -0.117. The van der Waals surface area contributed by atoms with Crippen LogP contribution < -0.4 is 5.32 Å². The molecule has 1 rings (SSSR count). The van der Waals surface area contributed by atoms with Crippen LogP contribution in [0.5, 0.6) is 0 Å². The van der Waals surface area contributed by atoms with Crippen molar-refractivity contribution in [2.75, 3.05) is 32.1 Å². The second-order valence-corrected chi connectivity index (χ2v) is 6.47. The van der Waals surface area contributed by atoms with Crippen LogP contribution in [0.4, 0.5) is 10.5 Å². The van der Waals surface area contributed by atoms with Crippen LogP contribution in [-0.4, -0.2) is 49.3 Å². The summed E-state index contributed by atoms with van der Waals surface area (Å²) in [6.45, 7) is 5.71. The summed E-state index contributed by atoms with van der Waals surface area (Å²) in [6, 6.07) is 9.05. The van der Waals surface area contributed by atoms with Crippen molar-refractivity contribution in [3.63, 3.8) is 0 Å². The average Bonchev–Trinajstić information content (AvgIpc) is 2.52. The molecule has 2 amide bonds. The van der Waals surface area contributed by atoms with Crippen LogP contribution in [0.15, 0.2) is 24.3 Å². The molecule has 0 atom stereocenters. The van der Waals surface area contributed by atoms with E-state index in [1.165, 1.54) is 12.0 Å². The number of hydrogen-bond acceptors (Lipinski definition) is 5. The number of carbonyl (C=O) groups excluding carboxylic acids is 2. The summed E-state index contributed by atoms with van der Waals surface area (Å²) in [5, 5.41) is 11.4. The SMILES string of the molecule is COCCN(CC(=O)Nc1ccc(CC#N)cc1)C(=O)OC(C)(C)C. The number of anilines is 1. The fourth-order valence-electron chi connectivity index (χ4n) is 1.93. The average molecular weight is 347 g/mol. The second-order valence-electron chi connectivity index (χ2n) is 6.47. The Morgan fingerprint density at radius 1 is 1.24 bits per heavy atom. The summed E-state index contributed by atoms with van der Waals surface area (Å²) in [5.41, 5.74) is 0.827. The van der Waals surface area contributed by atoms with Gasteiger partial charge in [0.15, 0.2) is 0 Å². The molecule has 0 saturated heterocycles. The van der Waals surface area contributed by atoms with Crippen LogP contribution in [0, 0.1) is 11.3 Å². The zero-order valence-corrected chi connectivity index (χ0v) is 15.2. The van der Waals surface area contributed by atoms with Crippen molar-refractivity contribution in [2.24, 2.45) is 0 Å². The van der Waals surface area contributed by atoms with Crippen LogP contribution in [0.25, 0.3) is 0 Å². The predicted molar refractivity (Wildman–Crippen MR) is 94.1 cm³/mol. The van der Waals surface area contributed by atoms with E-state index in [0.717, 1.165) is 5.56 Å². The van der Waals surface area contributed by atoms with Gasteiger partial charge in [-0.2, -0.15) is 5.26 Å². The van der Waals surface area contributed by atoms with Crippen molar-refractivity contribution >= 4 is 17.7 Å². The number of carbonyl (C=O) groups is 2. The van der Waals surface area contributed by atoms with E-state index in [4.69, 9.17) is 14.7 Å². The van der Waals surface area contributed by atoms with Gasteiger partial charge in [-0.1, -0.05) is 12.1 Å². The molecular formula is C18H25N3O4. The van der Waals surface area contributed by atoms with E-state index in [2.05, 4.69) is 11.4 Å². The Morgan fingerprint density at radius 3 is 2.40 bits per heavy atom. The largest absolute Gasteiger partial charge is 0.444 e. The van der Waals surface area contributed by atoms with Gasteiger partial charge >= 0.3 is 6.09 Å². The summed E-state index contributed by atoms with van der Waals surface area (Å²) in [7, 11) is 1.52. The lowest BCUT2D eigenvalue weighted by atomic mass is 10.1. The van der Waals surface area contributed by atoms with Gasteiger partial charge in [-0.25, -0.2) is 4.79 Å². The maximum Gasteiger partial charge on any atom is 0.410 e. The molecule has 7 heteroatoms. The molecule has 0 aliphatic heterocycles. The van der Waals surface area contributed by atoms with Gasteiger partial charge < -0.3 is 14.8 Å². The molecule has 0 fully saturated rings. The van der Waals surface area contributed by atoms with E-state index in [-0.39, 0.29) is 19.0 Å². The summed E-state index contributed by atoms with van der Waals surface area (Å²) in [6.07, 6.45) is -0.249. The number of hydrogen-bond donors (Lipinski definition) is 1. The van der Waals surface area contributed by atoms with Gasteiger partial charge in [-0.05, 0) is 38.5 Å². The molecule has 25 heavy (non-hydrogen) atoms. The molecule has 1 aromatic carbocycles. The normalized spacial score (nSPS) is 10.7. The standard InChI is InChI=1S/C18H25N3O4/c1-18(2,3)25-17(23)21(11-12-24-4)13-16(22)20-15-7-5-14(6-8-15)9-10-19/h5-8H,9,11-13H2,1-4H3,(H,20,22). The molecule has 0 heterocycles. The fourth-order valence-corrected chi connectivity index (χ4v) is 1.93. The van der Waals surface area contributed by atoms with E-state index >= 15 is 0 Å². The van der Waals surface area contributed by atoms with Crippen LogP contribution in [0.1, 0.15) is 26.3 Å². The summed E-state index contributed by atoms with van der Waals surface area (Å²) in [4.78, 5) is 25.7. The monoisotopic (exact) mass is 347 g/mol. The molecule has 7 nitrogen and oxygen atoms in total. The quantitative estimate of drug-likeness (QED) is 0.818. The number of nitrogens with zero attached hydrogens (tertiary/aromatic N) is 2. The second kappa shape index (κ2) is 9.64. The predicted octanol–water partition coefficient (Wildman–Crippen LogP) is 2.57. The number of nitriles is 1. The molecule has 0 spiro atoms. The molecule has 0 aromatic heterocycles. The Labute approximate surface area is 148 Å². The highest BCUT2D eigenvalue weighted by Gasteiger charge is 2.23. The Bertz CT molecular complexity index is 615. The van der Waals surface area contributed by atoms with Crippen molar-refractivity contribution in [3.8, 4) is 6.07 Å². The van der Waals surface area contributed by atoms with Gasteiger partial charge in [0, 0.05) is 19.3 Å². The first kappa shape index (κ1) is 20.5. The van der Waals surface area contributed by atoms with Crippen molar-refractivity contribution in [3.05, 3.63) is 29.8 Å². The van der Waals surface area contributed by atoms with Crippen LogP contribution in [0.2, 0.25) is 0 Å². The third-order valence-corrected chi connectivity index (χ3v) is 3.07. The Balaban J connectivity index is 2.67. The third kappa shape index (κ3) is 8.18. The van der Waals surface area contributed by atoms with E-state index in [0.29, 0.717) is 18.7 Å². The maximum atomic E-state index is 12.2. The van der Waals surface area contributed by atoms with E-state index in [9.17, 15) is 9.59 Å². The van der Waals surface area contributed by atoms with Gasteiger partial charge in [0.25, 0.3) is 0 Å². The minimum atomic E-state index is -0.643. The topological polar surface area (TPSA) is 91.7 Å². The first-order chi connectivity index (χ1) is 11.7. The highest BCUT2D eigenvalue weighted by atomic mass is 16.6. The van der Waals surface area contributed by atoms with Crippen LogP contribution in [0.3, 0.4) is 0 Å². The smallest absolute Gasteiger partial charge is 0.410 e. The van der Waals surface area contributed by atoms with E-state index < -0.39 is 11.7 Å². The van der Waals surface area contributed by atoms with Crippen molar-refractivity contribution in [1.82, 2.24) is 4.90 Å². The van der Waals surface area contributed by atoms with Gasteiger partial charge in [0.1, 0.15) is 12.1 Å². The first-order valence-electron chi connectivity index (χ1n) is 7.98. The molecule has 0 radical (unpaired) electrons. The zero-order valence-electron chi connectivity index (χ0n) is 15.2.